The fourth-order valence-electron chi connectivity index (χ4n) is 2.34. The summed E-state index contributed by atoms with van der Waals surface area (Å²) in [6.07, 6.45) is 0.656. The molecule has 0 aliphatic carbocycles. The summed E-state index contributed by atoms with van der Waals surface area (Å²) in [4.78, 5) is 11.9. The first-order valence-electron chi connectivity index (χ1n) is 8.20. The molecule has 3 N–H and O–H groups in total. The Morgan fingerprint density at radius 3 is 2.68 bits per heavy atom. The van der Waals surface area contributed by atoms with Gasteiger partial charge in [0.2, 0.25) is 0 Å². The number of benzene rings is 1. The molecule has 0 aliphatic rings. The average Bonchev–Trinajstić information content (AvgIpc) is 3.04. The average molecular weight is 347 g/mol. The van der Waals surface area contributed by atoms with Gasteiger partial charge in [0.15, 0.2) is 5.82 Å². The van der Waals surface area contributed by atoms with Gasteiger partial charge in [0.05, 0.1) is 24.9 Å². The molecule has 8 nitrogen and oxygen atoms in total. The van der Waals surface area contributed by atoms with Crippen LogP contribution in [0, 0.1) is 0 Å². The zero-order chi connectivity index (χ0) is 18.2. The summed E-state index contributed by atoms with van der Waals surface area (Å²) in [7, 11) is 1.81. The first-order valence-corrected chi connectivity index (χ1v) is 8.20. The van der Waals surface area contributed by atoms with E-state index in [1.807, 2.05) is 44.2 Å². The summed E-state index contributed by atoms with van der Waals surface area (Å²) in [5.41, 5.74) is 1.04. The smallest absolute Gasteiger partial charge is 0.315 e. The highest BCUT2D eigenvalue weighted by molar-refractivity contribution is 5.74. The molecule has 136 valence electrons. The summed E-state index contributed by atoms with van der Waals surface area (Å²) in [5.74, 6) is 0.649. The first kappa shape index (κ1) is 18.9. The number of nitrogens with one attached hydrogen (secondary N) is 2. The van der Waals surface area contributed by atoms with Crippen LogP contribution in [0.5, 0.6) is 0 Å². The van der Waals surface area contributed by atoms with E-state index in [1.165, 1.54) is 0 Å². The summed E-state index contributed by atoms with van der Waals surface area (Å²) < 4.78 is 7.37. The van der Waals surface area contributed by atoms with Crippen LogP contribution in [0.4, 0.5) is 4.79 Å². The number of aliphatic hydroxyl groups excluding tert-OH is 1. The molecule has 0 aliphatic heterocycles. The van der Waals surface area contributed by atoms with Gasteiger partial charge in [-0.2, -0.15) is 0 Å². The second-order valence-electron chi connectivity index (χ2n) is 5.92. The van der Waals surface area contributed by atoms with Crippen LogP contribution in [0.25, 0.3) is 0 Å². The fraction of sp³-hybridized carbons (Fsp3) is 0.471. The second-order valence-corrected chi connectivity index (χ2v) is 5.92. The first-order chi connectivity index (χ1) is 12.0. The topological polar surface area (TPSA) is 101 Å². The van der Waals surface area contributed by atoms with Crippen LogP contribution in [0.2, 0.25) is 0 Å². The van der Waals surface area contributed by atoms with Gasteiger partial charge in [0, 0.05) is 13.6 Å². The van der Waals surface area contributed by atoms with Crippen LogP contribution in [0.15, 0.2) is 36.7 Å². The summed E-state index contributed by atoms with van der Waals surface area (Å²) in [6, 6.07) is 9.08. The van der Waals surface area contributed by atoms with Gasteiger partial charge in [0.1, 0.15) is 6.33 Å². The van der Waals surface area contributed by atoms with Gasteiger partial charge in [-0.1, -0.05) is 30.3 Å². The summed E-state index contributed by atoms with van der Waals surface area (Å²) in [5, 5.41) is 23.0. The zero-order valence-corrected chi connectivity index (χ0v) is 14.7. The molecule has 0 radical (unpaired) electrons. The number of hydrogen-bond donors (Lipinski definition) is 3. The molecule has 1 heterocycles. The van der Waals surface area contributed by atoms with Crippen LogP contribution in [-0.4, -0.2) is 45.2 Å². The quantitative estimate of drug-likeness (QED) is 0.668. The molecule has 25 heavy (non-hydrogen) atoms. The lowest BCUT2D eigenvalue weighted by Crippen LogP contribution is -2.42. The van der Waals surface area contributed by atoms with Crippen LogP contribution in [0.3, 0.4) is 0 Å². The minimum absolute atomic E-state index is 0.0961. The van der Waals surface area contributed by atoms with E-state index in [0.29, 0.717) is 5.82 Å². The lowest BCUT2D eigenvalue weighted by atomic mass is 10.1. The number of aryl methyl sites for hydroxylation is 1. The van der Waals surface area contributed by atoms with Gasteiger partial charge < -0.3 is 25.0 Å². The van der Waals surface area contributed by atoms with Crippen molar-refractivity contribution in [1.82, 2.24) is 25.4 Å². The predicted molar refractivity (Wildman–Crippen MR) is 92.8 cm³/mol. The standard InChI is InChI=1S/C17H25N5O3/c1-12(16-21-19-11-22(16)3)20-17(24)18-9-15(23)10-25-13(2)14-7-5-4-6-8-14/h4-8,11-13,15,23H,9-10H2,1-3H3,(H2,18,20,24)/t12-,13-,15-/m0/s1. The van der Waals surface area contributed by atoms with E-state index in [0.717, 1.165) is 5.56 Å². The minimum Gasteiger partial charge on any atom is -0.389 e. The third-order valence-electron chi connectivity index (χ3n) is 3.79. The van der Waals surface area contributed by atoms with Crippen LogP contribution in [0.1, 0.15) is 37.4 Å². The molecule has 2 amide bonds. The molecule has 1 aromatic carbocycles. The number of amides is 2. The molecule has 0 saturated heterocycles. The zero-order valence-electron chi connectivity index (χ0n) is 14.7. The summed E-state index contributed by atoms with van der Waals surface area (Å²) >= 11 is 0. The van der Waals surface area contributed by atoms with Crippen molar-refractivity contribution < 1.29 is 14.6 Å². The highest BCUT2D eigenvalue weighted by Gasteiger charge is 2.15. The molecule has 8 heteroatoms. The Kier molecular flexibility index (Phi) is 6.91. The van der Waals surface area contributed by atoms with Crippen LogP contribution < -0.4 is 10.6 Å². The number of ether oxygens (including phenoxy) is 1. The number of nitrogens with zero attached hydrogens (tertiary/aromatic N) is 3. The third kappa shape index (κ3) is 5.84. The van der Waals surface area contributed by atoms with E-state index < -0.39 is 6.10 Å². The highest BCUT2D eigenvalue weighted by Crippen LogP contribution is 2.15. The number of urea groups is 1. The van der Waals surface area contributed by atoms with Gasteiger partial charge in [-0.15, -0.1) is 10.2 Å². The molecule has 3 atom stereocenters. The maximum absolute atomic E-state index is 11.9. The third-order valence-corrected chi connectivity index (χ3v) is 3.79. The Hall–Kier alpha value is -2.45. The second kappa shape index (κ2) is 9.14. The molecular formula is C17H25N5O3. The molecule has 0 spiro atoms. The minimum atomic E-state index is -0.790. The molecule has 1 aromatic heterocycles. The molecular weight excluding hydrogens is 322 g/mol. The van der Waals surface area contributed by atoms with E-state index in [9.17, 15) is 9.90 Å². The van der Waals surface area contributed by atoms with Crippen molar-refractivity contribution in [2.75, 3.05) is 13.2 Å². The largest absolute Gasteiger partial charge is 0.389 e. The predicted octanol–water partition coefficient (Wildman–Crippen LogP) is 1.31. The Morgan fingerprint density at radius 2 is 2.04 bits per heavy atom. The molecule has 0 unspecified atom stereocenters. The Balaban J connectivity index is 1.68. The van der Waals surface area contributed by atoms with Crippen molar-refractivity contribution in [3.63, 3.8) is 0 Å². The SMILES string of the molecule is C[C@H](NC(=O)NC[C@H](O)CO[C@@H](C)c1ccccc1)c1nncn1C. The van der Waals surface area contributed by atoms with Gasteiger partial charge in [0.25, 0.3) is 0 Å². The number of aromatic nitrogens is 3. The monoisotopic (exact) mass is 347 g/mol. The van der Waals surface area contributed by atoms with Crippen molar-refractivity contribution in [3.05, 3.63) is 48.0 Å². The summed E-state index contributed by atoms with van der Waals surface area (Å²) in [6.45, 7) is 3.96. The van der Waals surface area contributed by atoms with Crippen LogP contribution >= 0.6 is 0 Å². The van der Waals surface area contributed by atoms with Crippen LogP contribution in [-0.2, 0) is 11.8 Å². The maximum atomic E-state index is 11.9. The molecule has 2 rings (SSSR count). The fourth-order valence-corrected chi connectivity index (χ4v) is 2.34. The van der Waals surface area contributed by atoms with E-state index in [4.69, 9.17) is 4.74 Å². The van der Waals surface area contributed by atoms with Crippen molar-refractivity contribution in [2.24, 2.45) is 7.05 Å². The van der Waals surface area contributed by atoms with Gasteiger partial charge in [-0.3, -0.25) is 0 Å². The molecule has 2 aromatic rings. The lowest BCUT2D eigenvalue weighted by molar-refractivity contribution is -0.00110. The maximum Gasteiger partial charge on any atom is 0.315 e. The lowest BCUT2D eigenvalue weighted by Gasteiger charge is -2.18. The van der Waals surface area contributed by atoms with Crippen molar-refractivity contribution in [2.45, 2.75) is 32.1 Å². The molecule has 0 saturated carbocycles. The molecule has 0 fully saturated rings. The van der Waals surface area contributed by atoms with E-state index in [2.05, 4.69) is 20.8 Å². The highest BCUT2D eigenvalue weighted by atomic mass is 16.5. The number of hydrogen-bond acceptors (Lipinski definition) is 5. The molecule has 0 bridgehead atoms. The van der Waals surface area contributed by atoms with Crippen molar-refractivity contribution in [1.29, 1.82) is 0 Å². The number of carbonyl (C=O) groups is 1. The van der Waals surface area contributed by atoms with Gasteiger partial charge in [-0.05, 0) is 19.4 Å². The van der Waals surface area contributed by atoms with Crippen molar-refractivity contribution >= 4 is 6.03 Å². The van der Waals surface area contributed by atoms with E-state index in [1.54, 1.807) is 17.9 Å². The number of carbonyl (C=O) groups excluding carboxylic acids is 1. The Labute approximate surface area is 147 Å². The van der Waals surface area contributed by atoms with Gasteiger partial charge >= 0.3 is 6.03 Å². The number of aliphatic hydroxyl groups is 1. The Bertz CT molecular complexity index is 661. The normalized spacial score (nSPS) is 14.6. The van der Waals surface area contributed by atoms with Crippen molar-refractivity contribution in [3.8, 4) is 0 Å². The van der Waals surface area contributed by atoms with E-state index >= 15 is 0 Å². The van der Waals surface area contributed by atoms with Gasteiger partial charge in [-0.25, -0.2) is 4.79 Å². The number of rotatable bonds is 8. The Morgan fingerprint density at radius 1 is 1.32 bits per heavy atom. The van der Waals surface area contributed by atoms with E-state index in [-0.39, 0.29) is 31.3 Å².